The molecule has 0 amide bonds. The fourth-order valence-corrected chi connectivity index (χ4v) is 2.40. The number of aromatic nitrogens is 2. The van der Waals surface area contributed by atoms with Crippen molar-refractivity contribution in [2.75, 3.05) is 5.32 Å². The molecule has 2 heterocycles. The standard InChI is InChI=1S/C15H12FN3O2/c1-19-11-4-2-3-10(16)12(11)13(14(19)15(20)21)18-9-5-7-17-8-6-9/h2-8H,1H3,(H,17,18)(H,20,21). The van der Waals surface area contributed by atoms with Crippen LogP contribution < -0.4 is 5.32 Å². The maximum absolute atomic E-state index is 14.1. The highest BCUT2D eigenvalue weighted by atomic mass is 19.1. The number of nitrogens with one attached hydrogen (secondary N) is 1. The van der Waals surface area contributed by atoms with Gasteiger partial charge in [-0.05, 0) is 24.3 Å². The zero-order chi connectivity index (χ0) is 15.0. The van der Waals surface area contributed by atoms with E-state index in [9.17, 15) is 14.3 Å². The van der Waals surface area contributed by atoms with E-state index >= 15 is 0 Å². The summed E-state index contributed by atoms with van der Waals surface area (Å²) < 4.78 is 15.6. The van der Waals surface area contributed by atoms with E-state index in [1.807, 2.05) is 0 Å². The van der Waals surface area contributed by atoms with Crippen LogP contribution in [0.25, 0.3) is 10.9 Å². The van der Waals surface area contributed by atoms with Gasteiger partial charge in [-0.2, -0.15) is 0 Å². The Morgan fingerprint density at radius 3 is 2.67 bits per heavy atom. The number of rotatable bonds is 3. The summed E-state index contributed by atoms with van der Waals surface area (Å²) in [5.41, 5.74) is 1.41. The first-order valence-electron chi connectivity index (χ1n) is 6.27. The van der Waals surface area contributed by atoms with Crippen molar-refractivity contribution in [1.29, 1.82) is 0 Å². The molecule has 0 saturated carbocycles. The van der Waals surface area contributed by atoms with Crippen LogP contribution in [0.4, 0.5) is 15.8 Å². The maximum Gasteiger partial charge on any atom is 0.354 e. The molecule has 0 spiro atoms. The van der Waals surface area contributed by atoms with E-state index in [4.69, 9.17) is 0 Å². The van der Waals surface area contributed by atoms with Gasteiger partial charge < -0.3 is 15.0 Å². The summed E-state index contributed by atoms with van der Waals surface area (Å²) in [5.74, 6) is -1.59. The zero-order valence-corrected chi connectivity index (χ0v) is 11.2. The van der Waals surface area contributed by atoms with Crippen LogP contribution in [0.3, 0.4) is 0 Å². The first-order valence-corrected chi connectivity index (χ1v) is 6.27. The molecule has 3 aromatic rings. The van der Waals surface area contributed by atoms with Gasteiger partial charge in [0.05, 0.1) is 16.6 Å². The monoisotopic (exact) mass is 285 g/mol. The Kier molecular flexibility index (Phi) is 3.06. The van der Waals surface area contributed by atoms with Gasteiger partial charge in [-0.25, -0.2) is 9.18 Å². The molecule has 2 aromatic heterocycles. The molecule has 106 valence electrons. The van der Waals surface area contributed by atoms with Gasteiger partial charge >= 0.3 is 5.97 Å². The molecule has 2 N–H and O–H groups in total. The van der Waals surface area contributed by atoms with E-state index in [0.717, 1.165) is 0 Å². The molecule has 0 aliphatic rings. The lowest BCUT2D eigenvalue weighted by molar-refractivity contribution is 0.0688. The van der Waals surface area contributed by atoms with Gasteiger partial charge in [0, 0.05) is 25.1 Å². The molecule has 0 radical (unpaired) electrons. The first-order chi connectivity index (χ1) is 10.1. The predicted molar refractivity (Wildman–Crippen MR) is 77.4 cm³/mol. The van der Waals surface area contributed by atoms with Gasteiger partial charge in [-0.15, -0.1) is 0 Å². The topological polar surface area (TPSA) is 67.2 Å². The average Bonchev–Trinajstić information content (AvgIpc) is 2.74. The van der Waals surface area contributed by atoms with Crippen molar-refractivity contribution in [1.82, 2.24) is 9.55 Å². The number of carboxylic acid groups (broad SMARTS) is 1. The third-order valence-corrected chi connectivity index (χ3v) is 3.33. The second kappa shape index (κ2) is 4.90. The van der Waals surface area contributed by atoms with E-state index in [2.05, 4.69) is 10.3 Å². The van der Waals surface area contributed by atoms with E-state index in [0.29, 0.717) is 11.2 Å². The molecule has 0 atom stereocenters. The van der Waals surface area contributed by atoms with Crippen LogP contribution in [0.15, 0.2) is 42.7 Å². The van der Waals surface area contributed by atoms with Gasteiger partial charge in [0.1, 0.15) is 5.82 Å². The van der Waals surface area contributed by atoms with Crippen molar-refractivity contribution in [2.45, 2.75) is 0 Å². The van der Waals surface area contributed by atoms with Gasteiger partial charge in [0.15, 0.2) is 5.69 Å². The molecule has 0 unspecified atom stereocenters. The highest BCUT2D eigenvalue weighted by Crippen LogP contribution is 2.34. The lowest BCUT2D eigenvalue weighted by Gasteiger charge is -2.07. The van der Waals surface area contributed by atoms with Gasteiger partial charge in [0.25, 0.3) is 0 Å². The van der Waals surface area contributed by atoms with Crippen LogP contribution in [-0.4, -0.2) is 20.6 Å². The van der Waals surface area contributed by atoms with Crippen molar-refractivity contribution in [3.05, 3.63) is 54.2 Å². The highest BCUT2D eigenvalue weighted by Gasteiger charge is 2.22. The second-order valence-electron chi connectivity index (χ2n) is 4.58. The van der Waals surface area contributed by atoms with Crippen LogP contribution in [0.2, 0.25) is 0 Å². The largest absolute Gasteiger partial charge is 0.477 e. The van der Waals surface area contributed by atoms with Crippen LogP contribution in [0, 0.1) is 5.82 Å². The van der Waals surface area contributed by atoms with E-state index in [-0.39, 0.29) is 16.8 Å². The number of anilines is 2. The number of halogens is 1. The molecule has 0 aliphatic carbocycles. The molecule has 21 heavy (non-hydrogen) atoms. The molecule has 6 heteroatoms. The van der Waals surface area contributed by atoms with Crippen LogP contribution in [0.1, 0.15) is 10.5 Å². The summed E-state index contributed by atoms with van der Waals surface area (Å²) in [6, 6.07) is 7.92. The van der Waals surface area contributed by atoms with Crippen molar-refractivity contribution in [3.8, 4) is 0 Å². The number of aromatic carboxylic acids is 1. The minimum absolute atomic E-state index is 0.00640. The second-order valence-corrected chi connectivity index (χ2v) is 4.58. The number of nitrogens with zero attached hydrogens (tertiary/aromatic N) is 2. The Hall–Kier alpha value is -2.89. The minimum Gasteiger partial charge on any atom is -0.477 e. The number of hydrogen-bond donors (Lipinski definition) is 2. The molecule has 0 saturated heterocycles. The fourth-order valence-electron chi connectivity index (χ4n) is 2.40. The Morgan fingerprint density at radius 1 is 1.29 bits per heavy atom. The Balaban J connectivity index is 2.29. The van der Waals surface area contributed by atoms with E-state index in [1.165, 1.54) is 10.6 Å². The van der Waals surface area contributed by atoms with E-state index < -0.39 is 11.8 Å². The minimum atomic E-state index is -1.12. The number of benzene rings is 1. The summed E-state index contributed by atoms with van der Waals surface area (Å²) >= 11 is 0. The quantitative estimate of drug-likeness (QED) is 0.775. The summed E-state index contributed by atoms with van der Waals surface area (Å²) in [6.45, 7) is 0. The normalized spacial score (nSPS) is 10.8. The zero-order valence-electron chi connectivity index (χ0n) is 11.2. The summed E-state index contributed by atoms with van der Waals surface area (Å²) in [4.78, 5) is 15.4. The smallest absolute Gasteiger partial charge is 0.354 e. The predicted octanol–water partition coefficient (Wildman–Crippen LogP) is 3.15. The fraction of sp³-hybridized carbons (Fsp3) is 0.0667. The number of pyridine rings is 1. The number of carboxylic acids is 1. The van der Waals surface area contributed by atoms with E-state index in [1.54, 1.807) is 43.7 Å². The van der Waals surface area contributed by atoms with Crippen LogP contribution in [0.5, 0.6) is 0 Å². The third-order valence-electron chi connectivity index (χ3n) is 3.33. The molecule has 1 aromatic carbocycles. The Morgan fingerprint density at radius 2 is 2.00 bits per heavy atom. The maximum atomic E-state index is 14.1. The van der Waals surface area contributed by atoms with Gasteiger partial charge in [0.2, 0.25) is 0 Å². The molecule has 0 aliphatic heterocycles. The average molecular weight is 285 g/mol. The van der Waals surface area contributed by atoms with Crippen LogP contribution in [-0.2, 0) is 7.05 Å². The lowest BCUT2D eigenvalue weighted by atomic mass is 10.2. The molecule has 0 bridgehead atoms. The Labute approximate surface area is 119 Å². The highest BCUT2D eigenvalue weighted by molar-refractivity contribution is 6.07. The summed E-state index contributed by atoms with van der Waals surface area (Å²) in [5, 5.41) is 12.7. The number of hydrogen-bond acceptors (Lipinski definition) is 3. The molecular formula is C15H12FN3O2. The molecular weight excluding hydrogens is 273 g/mol. The lowest BCUT2D eigenvalue weighted by Crippen LogP contribution is -2.07. The molecule has 0 fully saturated rings. The Bertz CT molecular complexity index is 828. The first kappa shape index (κ1) is 13.1. The van der Waals surface area contributed by atoms with Crippen LogP contribution >= 0.6 is 0 Å². The SMILES string of the molecule is Cn1c(C(=O)O)c(Nc2ccncc2)c2c(F)cccc21. The molecule has 3 rings (SSSR count). The van der Waals surface area contributed by atoms with Gasteiger partial charge in [-0.3, -0.25) is 4.98 Å². The summed E-state index contributed by atoms with van der Waals surface area (Å²) in [6.07, 6.45) is 3.15. The number of aryl methyl sites for hydroxylation is 1. The summed E-state index contributed by atoms with van der Waals surface area (Å²) in [7, 11) is 1.60. The number of carbonyl (C=O) groups is 1. The van der Waals surface area contributed by atoms with Crippen molar-refractivity contribution < 1.29 is 14.3 Å². The van der Waals surface area contributed by atoms with Crippen molar-refractivity contribution in [3.63, 3.8) is 0 Å². The third kappa shape index (κ3) is 2.10. The van der Waals surface area contributed by atoms with Gasteiger partial charge in [-0.1, -0.05) is 6.07 Å². The number of fused-ring (bicyclic) bond motifs is 1. The van der Waals surface area contributed by atoms with Crippen molar-refractivity contribution >= 4 is 28.2 Å². The van der Waals surface area contributed by atoms with Crippen molar-refractivity contribution in [2.24, 2.45) is 7.05 Å². The molecule has 5 nitrogen and oxygen atoms in total.